The summed E-state index contributed by atoms with van der Waals surface area (Å²) in [5.41, 5.74) is 4.62. The molecule has 0 aliphatic carbocycles. The van der Waals surface area contributed by atoms with Crippen LogP contribution in [-0.2, 0) is 6.54 Å². The molecule has 1 aromatic heterocycles. The molecule has 28 heavy (non-hydrogen) atoms. The van der Waals surface area contributed by atoms with Crippen LogP contribution in [0.15, 0.2) is 48.7 Å². The predicted molar refractivity (Wildman–Crippen MR) is 116 cm³/mol. The minimum Gasteiger partial charge on any atom is -0.496 e. The normalized spacial score (nSPS) is 9.50. The number of nitrogens with zero attached hydrogens (tertiary/aromatic N) is 1. The topological polar surface area (TPSA) is 67.0 Å². The number of hydrogen-bond donors (Lipinski definition) is 2. The maximum atomic E-state index is 10.7. The Hall–Kier alpha value is -2.63. The molecule has 0 aliphatic rings. The highest BCUT2D eigenvalue weighted by atomic mass is 35.5. The van der Waals surface area contributed by atoms with Crippen LogP contribution in [0.3, 0.4) is 0 Å². The Bertz CT molecular complexity index is 862. The first-order chi connectivity index (χ1) is 13.6. The number of nitrogens with one attached hydrogen (secondary N) is 2. The summed E-state index contributed by atoms with van der Waals surface area (Å²) < 4.78 is 5.27. The van der Waals surface area contributed by atoms with Crippen molar-refractivity contribution in [2.75, 3.05) is 14.2 Å². The van der Waals surface area contributed by atoms with E-state index in [2.05, 4.69) is 15.5 Å². The molecule has 0 amide bonds. The summed E-state index contributed by atoms with van der Waals surface area (Å²) in [6, 6.07) is 13.2. The van der Waals surface area contributed by atoms with Crippen molar-refractivity contribution in [2.45, 2.75) is 27.3 Å². The third kappa shape index (κ3) is 6.51. The predicted octanol–water partition coefficient (Wildman–Crippen LogP) is 5.29. The Labute approximate surface area is 172 Å². The van der Waals surface area contributed by atoms with Gasteiger partial charge in [0.1, 0.15) is 12.0 Å². The van der Waals surface area contributed by atoms with Crippen LogP contribution >= 0.6 is 11.6 Å². The number of methoxy groups -OCH3 is 1. The molecular formula is C22H28ClN3O2. The van der Waals surface area contributed by atoms with Crippen LogP contribution in [0.2, 0.25) is 5.02 Å². The van der Waals surface area contributed by atoms with Gasteiger partial charge in [0.05, 0.1) is 13.3 Å². The van der Waals surface area contributed by atoms with E-state index in [9.17, 15) is 4.79 Å². The molecule has 2 aromatic carbocycles. The Morgan fingerprint density at radius 3 is 2.43 bits per heavy atom. The van der Waals surface area contributed by atoms with Crippen LogP contribution in [0.4, 0.5) is 0 Å². The van der Waals surface area contributed by atoms with Gasteiger partial charge in [-0.3, -0.25) is 9.89 Å². The van der Waals surface area contributed by atoms with Crippen LogP contribution in [-0.4, -0.2) is 30.6 Å². The zero-order chi connectivity index (χ0) is 20.9. The number of aldehydes is 1. The Morgan fingerprint density at radius 1 is 1.18 bits per heavy atom. The highest BCUT2D eigenvalue weighted by Crippen LogP contribution is 2.31. The lowest BCUT2D eigenvalue weighted by molar-refractivity contribution is 0.112. The molecule has 0 saturated heterocycles. The first-order valence-corrected chi connectivity index (χ1v) is 9.50. The first kappa shape index (κ1) is 23.4. The second kappa shape index (κ2) is 12.7. The number of carbonyl (C=O) groups is 1. The van der Waals surface area contributed by atoms with Gasteiger partial charge in [-0.25, -0.2) is 0 Å². The third-order valence-electron chi connectivity index (χ3n) is 3.81. The molecular weight excluding hydrogens is 374 g/mol. The second-order valence-corrected chi connectivity index (χ2v) is 6.02. The molecule has 2 N–H and O–H groups in total. The monoisotopic (exact) mass is 401 g/mol. The van der Waals surface area contributed by atoms with Gasteiger partial charge in [0, 0.05) is 34.0 Å². The zero-order valence-electron chi connectivity index (χ0n) is 17.0. The number of aromatic nitrogens is 2. The van der Waals surface area contributed by atoms with Crippen LogP contribution in [0.5, 0.6) is 5.75 Å². The number of H-pyrrole nitrogens is 1. The summed E-state index contributed by atoms with van der Waals surface area (Å²) in [5, 5.41) is 10.7. The summed E-state index contributed by atoms with van der Waals surface area (Å²) >= 11 is 5.86. The number of hydrogen-bond acceptors (Lipinski definition) is 4. The van der Waals surface area contributed by atoms with Gasteiger partial charge < -0.3 is 10.1 Å². The second-order valence-electron chi connectivity index (χ2n) is 5.61. The fourth-order valence-corrected chi connectivity index (χ4v) is 2.66. The molecule has 0 unspecified atom stereocenters. The molecule has 0 radical (unpaired) electrons. The third-order valence-corrected chi connectivity index (χ3v) is 4.18. The number of aryl methyl sites for hydroxylation is 1. The van der Waals surface area contributed by atoms with Crippen molar-refractivity contribution >= 4 is 17.9 Å². The number of aromatic amines is 1. The van der Waals surface area contributed by atoms with Gasteiger partial charge in [0.2, 0.25) is 0 Å². The molecule has 1 heterocycles. The number of ether oxygens (including phenoxy) is 1. The lowest BCUT2D eigenvalue weighted by Gasteiger charge is -2.08. The average molecular weight is 402 g/mol. The quantitative estimate of drug-likeness (QED) is 0.570. The van der Waals surface area contributed by atoms with E-state index in [-0.39, 0.29) is 0 Å². The molecule has 0 saturated carbocycles. The van der Waals surface area contributed by atoms with Crippen LogP contribution in [0, 0.1) is 6.92 Å². The molecule has 3 rings (SSSR count). The van der Waals surface area contributed by atoms with Crippen molar-refractivity contribution in [1.29, 1.82) is 0 Å². The molecule has 0 aliphatic heterocycles. The first-order valence-electron chi connectivity index (χ1n) is 9.12. The highest BCUT2D eigenvalue weighted by Gasteiger charge is 2.10. The van der Waals surface area contributed by atoms with E-state index in [0.717, 1.165) is 40.2 Å². The molecule has 150 valence electrons. The van der Waals surface area contributed by atoms with Gasteiger partial charge in [-0.05, 0) is 37.7 Å². The number of benzene rings is 2. The summed E-state index contributed by atoms with van der Waals surface area (Å²) in [4.78, 5) is 10.7. The van der Waals surface area contributed by atoms with E-state index in [1.165, 1.54) is 0 Å². The van der Waals surface area contributed by atoms with E-state index >= 15 is 0 Å². The van der Waals surface area contributed by atoms with E-state index < -0.39 is 0 Å². The molecule has 0 bridgehead atoms. The van der Waals surface area contributed by atoms with Gasteiger partial charge in [-0.1, -0.05) is 49.7 Å². The van der Waals surface area contributed by atoms with E-state index in [4.69, 9.17) is 16.3 Å². The molecule has 5 nitrogen and oxygen atoms in total. The summed E-state index contributed by atoms with van der Waals surface area (Å²) in [5.74, 6) is 0.675. The summed E-state index contributed by atoms with van der Waals surface area (Å²) in [6.45, 7) is 6.77. The van der Waals surface area contributed by atoms with Crippen molar-refractivity contribution in [1.82, 2.24) is 15.5 Å². The van der Waals surface area contributed by atoms with Crippen molar-refractivity contribution in [3.63, 3.8) is 0 Å². The Morgan fingerprint density at radius 2 is 1.89 bits per heavy atom. The maximum absolute atomic E-state index is 10.7. The molecule has 0 spiro atoms. The number of halogens is 1. The van der Waals surface area contributed by atoms with Crippen molar-refractivity contribution in [3.8, 4) is 16.9 Å². The fraction of sp³-hybridized carbons (Fsp3) is 0.273. The van der Waals surface area contributed by atoms with Gasteiger partial charge >= 0.3 is 0 Å². The molecule has 0 atom stereocenters. The van der Waals surface area contributed by atoms with Crippen LogP contribution in [0.25, 0.3) is 11.1 Å². The van der Waals surface area contributed by atoms with Crippen LogP contribution in [0.1, 0.15) is 35.5 Å². The fourth-order valence-electron chi connectivity index (χ4n) is 2.46. The van der Waals surface area contributed by atoms with Gasteiger partial charge in [-0.15, -0.1) is 0 Å². The summed E-state index contributed by atoms with van der Waals surface area (Å²) in [7, 11) is 3.49. The van der Waals surface area contributed by atoms with Crippen LogP contribution < -0.4 is 10.1 Å². The van der Waals surface area contributed by atoms with Crippen molar-refractivity contribution in [2.24, 2.45) is 0 Å². The SMILES string of the molecule is CC.CNCc1ccccc1Cl.COc1cc(C=O)ccc1-c1cn[nH]c1C. The molecule has 6 heteroatoms. The maximum Gasteiger partial charge on any atom is 0.150 e. The minimum atomic E-state index is 0.599. The number of rotatable bonds is 5. The van der Waals surface area contributed by atoms with Crippen molar-refractivity contribution in [3.05, 3.63) is 70.5 Å². The van der Waals surface area contributed by atoms with Gasteiger partial charge in [0.15, 0.2) is 0 Å². The number of carbonyl (C=O) groups excluding carboxylic acids is 1. The van der Waals surface area contributed by atoms with E-state index in [0.29, 0.717) is 11.3 Å². The molecule has 3 aromatic rings. The Balaban J connectivity index is 0.000000281. The zero-order valence-corrected chi connectivity index (χ0v) is 17.8. The minimum absolute atomic E-state index is 0.599. The summed E-state index contributed by atoms with van der Waals surface area (Å²) in [6.07, 6.45) is 2.54. The van der Waals surface area contributed by atoms with E-state index in [1.807, 2.05) is 58.2 Å². The van der Waals surface area contributed by atoms with Gasteiger partial charge in [0.25, 0.3) is 0 Å². The highest BCUT2D eigenvalue weighted by molar-refractivity contribution is 6.31. The molecule has 0 fully saturated rings. The largest absolute Gasteiger partial charge is 0.496 e. The lowest BCUT2D eigenvalue weighted by Crippen LogP contribution is -2.04. The van der Waals surface area contributed by atoms with E-state index in [1.54, 1.807) is 25.4 Å². The average Bonchev–Trinajstić information content (AvgIpc) is 3.17. The lowest BCUT2D eigenvalue weighted by atomic mass is 10.0. The Kier molecular flexibility index (Phi) is 10.6. The van der Waals surface area contributed by atoms with Gasteiger partial charge in [-0.2, -0.15) is 5.10 Å². The smallest absolute Gasteiger partial charge is 0.150 e. The van der Waals surface area contributed by atoms with Crippen molar-refractivity contribution < 1.29 is 9.53 Å². The standard InChI is InChI=1S/C12H12N2O2.C8H10ClN.C2H6/c1-8-11(6-13-14-8)10-4-3-9(7-15)5-12(10)16-2;1-10-6-7-4-2-3-5-8(7)9;1-2/h3-7H,1-2H3,(H,13,14);2-5,10H,6H2,1H3;1-2H3.